The normalized spacial score (nSPS) is 11.9. The fourth-order valence-corrected chi connectivity index (χ4v) is 3.46. The molecule has 0 radical (unpaired) electrons. The van der Waals surface area contributed by atoms with E-state index in [0.29, 0.717) is 19.0 Å². The van der Waals surface area contributed by atoms with E-state index in [4.69, 9.17) is 11.6 Å². The average molecular weight is 444 g/mol. The zero-order valence-corrected chi connectivity index (χ0v) is 16.8. The van der Waals surface area contributed by atoms with Crippen molar-refractivity contribution in [3.63, 3.8) is 0 Å². The molecule has 158 valence electrons. The predicted molar refractivity (Wildman–Crippen MR) is 97.2 cm³/mol. The van der Waals surface area contributed by atoms with Gasteiger partial charge in [0.15, 0.2) is 0 Å². The number of sulfonamides is 1. The molecule has 1 aromatic rings. The van der Waals surface area contributed by atoms with E-state index < -0.39 is 31.7 Å². The summed E-state index contributed by atoms with van der Waals surface area (Å²) in [4.78, 5) is 23.8. The minimum absolute atomic E-state index is 0.158. The first-order chi connectivity index (χ1) is 12.9. The van der Waals surface area contributed by atoms with Crippen LogP contribution in [0.5, 0.6) is 0 Å². The van der Waals surface area contributed by atoms with Gasteiger partial charge in [0.1, 0.15) is 0 Å². The number of hydrogen-bond donors (Lipinski definition) is 2. The summed E-state index contributed by atoms with van der Waals surface area (Å²) in [5.74, 6) is -0.526. The molecule has 0 atom stereocenters. The molecule has 2 N–H and O–H groups in total. The maximum atomic E-state index is 12.9. The van der Waals surface area contributed by atoms with Crippen molar-refractivity contribution < 1.29 is 31.2 Å². The summed E-state index contributed by atoms with van der Waals surface area (Å²) in [6.07, 6.45) is -4.29. The highest BCUT2D eigenvalue weighted by Crippen LogP contribution is 2.35. The number of rotatable bonds is 9. The third kappa shape index (κ3) is 7.28. The van der Waals surface area contributed by atoms with Crippen molar-refractivity contribution in [2.45, 2.75) is 30.3 Å². The first kappa shape index (κ1) is 24.2. The SMILES string of the molecule is CNC(=O)CCCN(C)C(=O)CCNS(=O)(=O)c1ccc(Cl)c(C(F)(F)F)c1. The van der Waals surface area contributed by atoms with Gasteiger partial charge in [0, 0.05) is 40.0 Å². The van der Waals surface area contributed by atoms with Crippen molar-refractivity contribution >= 4 is 33.4 Å². The summed E-state index contributed by atoms with van der Waals surface area (Å²) < 4.78 is 65.0. The summed E-state index contributed by atoms with van der Waals surface area (Å²) in [6, 6.07) is 2.24. The van der Waals surface area contributed by atoms with Gasteiger partial charge in [-0.2, -0.15) is 13.2 Å². The van der Waals surface area contributed by atoms with Gasteiger partial charge >= 0.3 is 6.18 Å². The number of nitrogens with zero attached hydrogens (tertiary/aromatic N) is 1. The van der Waals surface area contributed by atoms with Crippen molar-refractivity contribution in [1.29, 1.82) is 0 Å². The molecule has 0 aliphatic heterocycles. The van der Waals surface area contributed by atoms with Crippen LogP contribution in [0.2, 0.25) is 5.02 Å². The highest BCUT2D eigenvalue weighted by atomic mass is 35.5. The number of benzene rings is 1. The van der Waals surface area contributed by atoms with Crippen LogP contribution >= 0.6 is 11.6 Å². The third-order valence-electron chi connectivity index (χ3n) is 3.79. The molecule has 0 aliphatic carbocycles. The zero-order chi connectivity index (χ0) is 21.5. The van der Waals surface area contributed by atoms with Gasteiger partial charge in [0.25, 0.3) is 0 Å². The topological polar surface area (TPSA) is 95.6 Å². The second-order valence-corrected chi connectivity index (χ2v) is 8.05. The van der Waals surface area contributed by atoms with Crippen molar-refractivity contribution in [2.24, 2.45) is 0 Å². The van der Waals surface area contributed by atoms with Gasteiger partial charge in [-0.15, -0.1) is 0 Å². The molecule has 0 unspecified atom stereocenters. The predicted octanol–water partition coefficient (Wildman–Crippen LogP) is 2.01. The van der Waals surface area contributed by atoms with E-state index in [2.05, 4.69) is 10.0 Å². The quantitative estimate of drug-likeness (QED) is 0.610. The Bertz CT molecular complexity index is 816. The van der Waals surface area contributed by atoms with E-state index in [1.807, 2.05) is 0 Å². The molecule has 7 nitrogen and oxygen atoms in total. The lowest BCUT2D eigenvalue weighted by atomic mass is 10.2. The number of alkyl halides is 3. The minimum atomic E-state index is -4.80. The van der Waals surface area contributed by atoms with Gasteiger partial charge < -0.3 is 10.2 Å². The highest BCUT2D eigenvalue weighted by Gasteiger charge is 2.34. The average Bonchev–Trinajstić information content (AvgIpc) is 2.60. The number of hydrogen-bond acceptors (Lipinski definition) is 4. The van der Waals surface area contributed by atoms with Crippen molar-refractivity contribution in [3.8, 4) is 0 Å². The van der Waals surface area contributed by atoms with E-state index in [0.717, 1.165) is 12.1 Å². The monoisotopic (exact) mass is 443 g/mol. The lowest BCUT2D eigenvalue weighted by molar-refractivity contribution is -0.137. The van der Waals surface area contributed by atoms with Crippen LogP contribution in [0.1, 0.15) is 24.8 Å². The zero-order valence-electron chi connectivity index (χ0n) is 15.3. The van der Waals surface area contributed by atoms with E-state index >= 15 is 0 Å². The molecule has 0 heterocycles. The molecule has 0 saturated carbocycles. The summed E-state index contributed by atoms with van der Waals surface area (Å²) in [5, 5.41) is 1.84. The maximum absolute atomic E-state index is 12.9. The van der Waals surface area contributed by atoms with Crippen LogP contribution in [-0.4, -0.2) is 52.3 Å². The lowest BCUT2D eigenvalue weighted by Gasteiger charge is -2.17. The molecule has 0 spiro atoms. The Kier molecular flexibility index (Phi) is 8.71. The highest BCUT2D eigenvalue weighted by molar-refractivity contribution is 7.89. The van der Waals surface area contributed by atoms with Gasteiger partial charge in [-0.05, 0) is 24.6 Å². The van der Waals surface area contributed by atoms with Crippen LogP contribution in [0.3, 0.4) is 0 Å². The molecular formula is C16H21ClF3N3O4S. The van der Waals surface area contributed by atoms with Crippen LogP contribution in [0.4, 0.5) is 13.2 Å². The first-order valence-corrected chi connectivity index (χ1v) is 10.1. The molecule has 0 saturated heterocycles. The second-order valence-electron chi connectivity index (χ2n) is 5.88. The van der Waals surface area contributed by atoms with Crippen molar-refractivity contribution in [3.05, 3.63) is 28.8 Å². The fourth-order valence-electron chi connectivity index (χ4n) is 2.18. The number of amides is 2. The van der Waals surface area contributed by atoms with Crippen LogP contribution in [0, 0.1) is 0 Å². The molecule has 1 aromatic carbocycles. The van der Waals surface area contributed by atoms with E-state index in [1.54, 1.807) is 0 Å². The Labute approximate surface area is 166 Å². The van der Waals surface area contributed by atoms with Gasteiger partial charge in [-0.25, -0.2) is 13.1 Å². The number of carbonyl (C=O) groups excluding carboxylic acids is 2. The number of halogens is 4. The second kappa shape index (κ2) is 10.1. The van der Waals surface area contributed by atoms with Crippen LogP contribution < -0.4 is 10.0 Å². The molecule has 0 fully saturated rings. The lowest BCUT2D eigenvalue weighted by Crippen LogP contribution is -2.33. The summed E-state index contributed by atoms with van der Waals surface area (Å²) in [7, 11) is -1.23. The smallest absolute Gasteiger partial charge is 0.359 e. The first-order valence-electron chi connectivity index (χ1n) is 8.19. The maximum Gasteiger partial charge on any atom is 0.417 e. The fraction of sp³-hybridized carbons (Fsp3) is 0.500. The molecule has 0 aromatic heterocycles. The Hall–Kier alpha value is -1.85. The minimum Gasteiger partial charge on any atom is -0.359 e. The van der Waals surface area contributed by atoms with Gasteiger partial charge in [0.2, 0.25) is 21.8 Å². The summed E-state index contributed by atoms with van der Waals surface area (Å²) in [6.45, 7) is 0.0239. The Morgan fingerprint density at radius 3 is 2.43 bits per heavy atom. The van der Waals surface area contributed by atoms with Crippen molar-refractivity contribution in [1.82, 2.24) is 14.9 Å². The molecule has 28 heavy (non-hydrogen) atoms. The standard InChI is InChI=1S/C16H21ClF3N3O4S/c1-21-14(24)4-3-9-23(2)15(25)7-8-22-28(26,27)11-5-6-13(17)12(10-11)16(18,19)20/h5-6,10,22H,3-4,7-9H2,1-2H3,(H,21,24). The Balaban J connectivity index is 2.62. The number of nitrogens with one attached hydrogen (secondary N) is 2. The molecular weight excluding hydrogens is 423 g/mol. The molecule has 0 aliphatic rings. The van der Waals surface area contributed by atoms with Gasteiger partial charge in [-0.3, -0.25) is 9.59 Å². The molecule has 0 bridgehead atoms. The van der Waals surface area contributed by atoms with Gasteiger partial charge in [-0.1, -0.05) is 11.6 Å². The Morgan fingerprint density at radius 1 is 1.21 bits per heavy atom. The van der Waals surface area contributed by atoms with E-state index in [-0.39, 0.29) is 31.2 Å². The van der Waals surface area contributed by atoms with Crippen LogP contribution in [-0.2, 0) is 25.8 Å². The van der Waals surface area contributed by atoms with Crippen LogP contribution in [0.15, 0.2) is 23.1 Å². The van der Waals surface area contributed by atoms with Crippen molar-refractivity contribution in [2.75, 3.05) is 27.2 Å². The van der Waals surface area contributed by atoms with Gasteiger partial charge in [0.05, 0.1) is 15.5 Å². The molecule has 1 rings (SSSR count). The van der Waals surface area contributed by atoms with Crippen LogP contribution in [0.25, 0.3) is 0 Å². The van der Waals surface area contributed by atoms with E-state index in [9.17, 15) is 31.2 Å². The summed E-state index contributed by atoms with van der Waals surface area (Å²) >= 11 is 5.47. The molecule has 12 heteroatoms. The molecule has 2 amide bonds. The van der Waals surface area contributed by atoms with E-state index in [1.165, 1.54) is 19.0 Å². The Morgan fingerprint density at radius 2 is 1.86 bits per heavy atom. The third-order valence-corrected chi connectivity index (χ3v) is 5.57. The summed E-state index contributed by atoms with van der Waals surface area (Å²) in [5.41, 5.74) is -1.26. The number of carbonyl (C=O) groups is 2. The largest absolute Gasteiger partial charge is 0.417 e.